The van der Waals surface area contributed by atoms with Gasteiger partial charge in [0.25, 0.3) is 0 Å². The lowest BCUT2D eigenvalue weighted by Crippen LogP contribution is -2.33. The van der Waals surface area contributed by atoms with E-state index in [0.717, 1.165) is 41.4 Å². The molecular weight excluding hydrogens is 330 g/mol. The van der Waals surface area contributed by atoms with Crippen LogP contribution in [0.1, 0.15) is 38.7 Å². The Hall–Kier alpha value is -1.16. The fourth-order valence-corrected chi connectivity index (χ4v) is 4.16. The largest absolute Gasteiger partial charge is 0.274 e. The topological polar surface area (TPSA) is 37.4 Å². The minimum Gasteiger partial charge on any atom is -0.274 e. The third-order valence-corrected chi connectivity index (χ3v) is 5.47. The summed E-state index contributed by atoms with van der Waals surface area (Å²) in [5.41, 5.74) is 1.82. The summed E-state index contributed by atoms with van der Waals surface area (Å²) in [5, 5.41) is 0. The Morgan fingerprint density at radius 3 is 2.29 bits per heavy atom. The molecule has 3 rings (SSSR count). The number of hydrogen-bond acceptors (Lipinski definition) is 2. The number of anilines is 1. The van der Waals surface area contributed by atoms with Crippen LogP contribution in [0.2, 0.25) is 0 Å². The number of rotatable bonds is 3. The first kappa shape index (κ1) is 14.8. The van der Waals surface area contributed by atoms with Crippen LogP contribution in [-0.4, -0.2) is 11.8 Å². The molecule has 1 saturated heterocycles. The molecule has 0 spiro atoms. The first-order valence-corrected chi connectivity index (χ1v) is 8.52. The van der Waals surface area contributed by atoms with Gasteiger partial charge in [-0.15, -0.1) is 0 Å². The monoisotopic (exact) mass is 349 g/mol. The fraction of sp³-hybridized carbons (Fsp3) is 0.529. The van der Waals surface area contributed by atoms with Crippen LogP contribution in [0.25, 0.3) is 0 Å². The van der Waals surface area contributed by atoms with E-state index in [-0.39, 0.29) is 23.7 Å². The molecule has 0 radical (unpaired) electrons. The molecule has 4 heteroatoms. The molecule has 2 atom stereocenters. The summed E-state index contributed by atoms with van der Waals surface area (Å²) in [6, 6.07) is 5.79. The van der Waals surface area contributed by atoms with Crippen molar-refractivity contribution in [3.63, 3.8) is 0 Å². The Labute approximate surface area is 133 Å². The summed E-state index contributed by atoms with van der Waals surface area (Å²) in [7, 11) is 0. The van der Waals surface area contributed by atoms with Crippen LogP contribution >= 0.6 is 15.9 Å². The summed E-state index contributed by atoms with van der Waals surface area (Å²) < 4.78 is 0.980. The van der Waals surface area contributed by atoms with Gasteiger partial charge in [0.1, 0.15) is 0 Å². The van der Waals surface area contributed by atoms with E-state index in [4.69, 9.17) is 0 Å². The van der Waals surface area contributed by atoms with Crippen molar-refractivity contribution in [3.8, 4) is 0 Å². The first-order chi connectivity index (χ1) is 10.1. The highest BCUT2D eigenvalue weighted by molar-refractivity contribution is 9.10. The Kier molecular flexibility index (Phi) is 3.91. The van der Waals surface area contributed by atoms with E-state index >= 15 is 0 Å². The van der Waals surface area contributed by atoms with Crippen molar-refractivity contribution < 1.29 is 9.59 Å². The second kappa shape index (κ2) is 5.56. The molecule has 0 aromatic heterocycles. The number of nitrogens with zero attached hydrogens (tertiary/aromatic N) is 1. The van der Waals surface area contributed by atoms with Gasteiger partial charge in [-0.1, -0.05) is 36.2 Å². The Balaban J connectivity index is 1.95. The molecule has 1 aliphatic heterocycles. The predicted octanol–water partition coefficient (Wildman–Crippen LogP) is 3.94. The van der Waals surface area contributed by atoms with Crippen LogP contribution in [0.3, 0.4) is 0 Å². The van der Waals surface area contributed by atoms with Gasteiger partial charge in [0, 0.05) is 4.47 Å². The zero-order chi connectivity index (χ0) is 15.1. The average Bonchev–Trinajstić information content (AvgIpc) is 3.00. The molecule has 3 nitrogen and oxygen atoms in total. The van der Waals surface area contributed by atoms with Gasteiger partial charge in [0.15, 0.2) is 0 Å². The molecule has 2 unspecified atom stereocenters. The van der Waals surface area contributed by atoms with Gasteiger partial charge in [0.05, 0.1) is 17.5 Å². The van der Waals surface area contributed by atoms with Crippen LogP contribution in [0.5, 0.6) is 0 Å². The van der Waals surface area contributed by atoms with Gasteiger partial charge in [-0.2, -0.15) is 0 Å². The molecule has 1 heterocycles. The summed E-state index contributed by atoms with van der Waals surface area (Å²) >= 11 is 3.45. The number of carbonyl (C=O) groups excluding carboxylic acids is 2. The van der Waals surface area contributed by atoms with Gasteiger partial charge < -0.3 is 0 Å². The molecule has 112 valence electrons. The normalized spacial score (nSPS) is 28.3. The van der Waals surface area contributed by atoms with Gasteiger partial charge in [-0.3, -0.25) is 9.59 Å². The molecule has 2 fully saturated rings. The van der Waals surface area contributed by atoms with Crippen LogP contribution in [0.15, 0.2) is 22.7 Å². The van der Waals surface area contributed by atoms with Crippen LogP contribution in [0.4, 0.5) is 5.69 Å². The van der Waals surface area contributed by atoms with E-state index in [2.05, 4.69) is 22.9 Å². The van der Waals surface area contributed by atoms with Gasteiger partial charge in [-0.25, -0.2) is 4.90 Å². The van der Waals surface area contributed by atoms with E-state index in [1.807, 2.05) is 25.1 Å². The minimum absolute atomic E-state index is 0.0120. The minimum atomic E-state index is -0.0872. The molecule has 1 saturated carbocycles. The third-order valence-electron chi connectivity index (χ3n) is 4.98. The Morgan fingerprint density at radius 2 is 1.76 bits per heavy atom. The number of fused-ring (bicyclic) bond motifs is 1. The maximum Gasteiger partial charge on any atom is 0.237 e. The maximum atomic E-state index is 12.7. The number of amides is 2. The van der Waals surface area contributed by atoms with E-state index < -0.39 is 0 Å². The van der Waals surface area contributed by atoms with E-state index in [9.17, 15) is 9.59 Å². The lowest BCUT2D eigenvalue weighted by molar-refractivity contribution is -0.123. The second-order valence-corrected chi connectivity index (χ2v) is 7.01. The summed E-state index contributed by atoms with van der Waals surface area (Å²) in [6.45, 7) is 4.19. The highest BCUT2D eigenvalue weighted by Crippen LogP contribution is 2.46. The zero-order valence-electron chi connectivity index (χ0n) is 12.4. The predicted molar refractivity (Wildman–Crippen MR) is 86.0 cm³/mol. The van der Waals surface area contributed by atoms with E-state index in [1.54, 1.807) is 0 Å². The molecule has 1 aromatic rings. The van der Waals surface area contributed by atoms with Crippen molar-refractivity contribution >= 4 is 33.4 Å². The second-order valence-electron chi connectivity index (χ2n) is 6.10. The highest BCUT2D eigenvalue weighted by Gasteiger charge is 2.52. The number of carbonyl (C=O) groups is 2. The molecule has 2 amide bonds. The zero-order valence-corrected chi connectivity index (χ0v) is 14.0. The van der Waals surface area contributed by atoms with E-state index in [0.29, 0.717) is 5.92 Å². The highest BCUT2D eigenvalue weighted by atomic mass is 79.9. The molecule has 1 aromatic carbocycles. The van der Waals surface area contributed by atoms with Crippen molar-refractivity contribution in [2.45, 2.75) is 39.5 Å². The molecule has 0 bridgehead atoms. The summed E-state index contributed by atoms with van der Waals surface area (Å²) in [6.07, 6.45) is 3.62. The molecule has 0 N–H and O–H groups in total. The number of aryl methyl sites for hydroxylation is 1. The molecular formula is C17H20BrNO2. The van der Waals surface area contributed by atoms with Crippen LogP contribution < -0.4 is 4.90 Å². The summed E-state index contributed by atoms with van der Waals surface area (Å²) in [5.74, 6) is 0.383. The SMILES string of the molecule is CCc1cc(Br)ccc1N1C(=O)C2CC(CC)CC2C1=O. The van der Waals surface area contributed by atoms with E-state index in [1.165, 1.54) is 4.90 Å². The van der Waals surface area contributed by atoms with Crippen molar-refractivity contribution in [2.75, 3.05) is 4.90 Å². The third kappa shape index (κ3) is 2.33. The Morgan fingerprint density at radius 1 is 1.14 bits per heavy atom. The van der Waals surface area contributed by atoms with Gasteiger partial charge in [-0.05, 0) is 48.9 Å². The number of halogens is 1. The maximum absolute atomic E-state index is 12.7. The van der Waals surface area contributed by atoms with Gasteiger partial charge >= 0.3 is 0 Å². The van der Waals surface area contributed by atoms with Crippen LogP contribution in [-0.2, 0) is 16.0 Å². The molecule has 1 aliphatic carbocycles. The standard InChI is InChI=1S/C17H20BrNO2/c1-3-10-7-13-14(8-10)17(21)19(16(13)20)15-6-5-12(18)9-11(15)4-2/h5-6,9-10,13-14H,3-4,7-8H2,1-2H3. The van der Waals surface area contributed by atoms with Crippen molar-refractivity contribution in [2.24, 2.45) is 17.8 Å². The quantitative estimate of drug-likeness (QED) is 0.775. The summed E-state index contributed by atoms with van der Waals surface area (Å²) in [4.78, 5) is 26.9. The molecule has 2 aliphatic rings. The Bertz CT molecular complexity index is 574. The average molecular weight is 350 g/mol. The molecule has 21 heavy (non-hydrogen) atoms. The van der Waals surface area contributed by atoms with Crippen molar-refractivity contribution in [1.29, 1.82) is 0 Å². The smallest absolute Gasteiger partial charge is 0.237 e. The lowest BCUT2D eigenvalue weighted by Gasteiger charge is -2.20. The number of hydrogen-bond donors (Lipinski definition) is 0. The number of imide groups is 1. The van der Waals surface area contributed by atoms with Crippen molar-refractivity contribution in [1.82, 2.24) is 0 Å². The fourth-order valence-electron chi connectivity index (χ4n) is 3.76. The van der Waals surface area contributed by atoms with Crippen LogP contribution in [0, 0.1) is 17.8 Å². The van der Waals surface area contributed by atoms with Crippen molar-refractivity contribution in [3.05, 3.63) is 28.2 Å². The van der Waals surface area contributed by atoms with Gasteiger partial charge in [0.2, 0.25) is 11.8 Å². The lowest BCUT2D eigenvalue weighted by atomic mass is 10.00. The first-order valence-electron chi connectivity index (χ1n) is 7.73. The number of benzene rings is 1.